The maximum atomic E-state index is 12.6. The van der Waals surface area contributed by atoms with E-state index in [-0.39, 0.29) is 18.6 Å². The second kappa shape index (κ2) is 9.78. The smallest absolute Gasteiger partial charge is 0.270 e. The van der Waals surface area contributed by atoms with Crippen molar-refractivity contribution < 1.29 is 14.6 Å². The predicted octanol–water partition coefficient (Wildman–Crippen LogP) is 2.82. The molecule has 1 unspecified atom stereocenters. The van der Waals surface area contributed by atoms with Crippen LogP contribution in [0.3, 0.4) is 0 Å². The molecule has 0 bridgehead atoms. The summed E-state index contributed by atoms with van der Waals surface area (Å²) in [4.78, 5) is 25.9. The monoisotopic (exact) mass is 442 g/mol. The molecule has 1 fully saturated rings. The number of aliphatic hydroxyl groups is 1. The van der Waals surface area contributed by atoms with Crippen LogP contribution in [-0.2, 0) is 4.74 Å². The summed E-state index contributed by atoms with van der Waals surface area (Å²) < 4.78 is 5.29. The quantitative estimate of drug-likeness (QED) is 0.444. The fourth-order valence-corrected chi connectivity index (χ4v) is 3.41. The number of hydrogen-bond donors (Lipinski definition) is 4. The topological polar surface area (TPSA) is 115 Å². The summed E-state index contributed by atoms with van der Waals surface area (Å²) in [5.74, 6) is 0.618. The van der Waals surface area contributed by atoms with Crippen LogP contribution in [0.5, 0.6) is 0 Å². The Morgan fingerprint density at radius 3 is 2.81 bits per heavy atom. The van der Waals surface area contributed by atoms with Gasteiger partial charge in [0.25, 0.3) is 5.91 Å². The minimum Gasteiger partial charge on any atom is -0.394 e. The van der Waals surface area contributed by atoms with Gasteiger partial charge < -0.3 is 30.4 Å². The molecular weight excluding hydrogens is 420 g/mol. The van der Waals surface area contributed by atoms with Gasteiger partial charge >= 0.3 is 0 Å². The number of nitrogens with one attached hydrogen (secondary N) is 3. The molecule has 31 heavy (non-hydrogen) atoms. The molecule has 1 atom stereocenters. The summed E-state index contributed by atoms with van der Waals surface area (Å²) in [6.07, 6.45) is 3.16. The van der Waals surface area contributed by atoms with Crippen molar-refractivity contribution in [3.05, 3.63) is 65.1 Å². The maximum absolute atomic E-state index is 12.6. The third-order valence-corrected chi connectivity index (χ3v) is 5.18. The first-order valence-corrected chi connectivity index (χ1v) is 10.3. The molecule has 1 saturated heterocycles. The molecule has 2 aromatic heterocycles. The van der Waals surface area contributed by atoms with Gasteiger partial charge in [0.2, 0.25) is 5.95 Å². The second-order valence-corrected chi connectivity index (χ2v) is 7.42. The van der Waals surface area contributed by atoms with E-state index in [1.807, 2.05) is 30.3 Å². The minimum absolute atomic E-state index is 0.0793. The van der Waals surface area contributed by atoms with Crippen LogP contribution in [-0.4, -0.2) is 63.8 Å². The van der Waals surface area contributed by atoms with Crippen molar-refractivity contribution in [2.75, 3.05) is 43.5 Å². The molecule has 3 aromatic rings. The molecule has 0 radical (unpaired) electrons. The van der Waals surface area contributed by atoms with Crippen LogP contribution in [0.1, 0.15) is 22.1 Å². The Morgan fingerprint density at radius 1 is 1.29 bits per heavy atom. The molecule has 10 heteroatoms. The number of ether oxygens (including phenoxy) is 1. The standard InChI is InChI=1S/C21H23ClN6O3/c22-16-12-24-21(27-19(16)26-18(13-29)14-4-2-1-3-5-14)25-15-10-17(23-11-15)20(30)28-6-8-31-9-7-28/h1-5,10-12,18,23,29H,6-9,13H2,(H2,24,25,26,27). The highest BCUT2D eigenvalue weighted by Crippen LogP contribution is 2.26. The number of halogens is 1. The normalized spacial score (nSPS) is 14.8. The predicted molar refractivity (Wildman–Crippen MR) is 118 cm³/mol. The van der Waals surface area contributed by atoms with Crippen molar-refractivity contribution in [2.24, 2.45) is 0 Å². The average molecular weight is 443 g/mol. The van der Waals surface area contributed by atoms with E-state index in [1.165, 1.54) is 6.20 Å². The van der Waals surface area contributed by atoms with E-state index in [1.54, 1.807) is 17.2 Å². The first-order valence-electron chi connectivity index (χ1n) is 9.91. The number of amides is 1. The van der Waals surface area contributed by atoms with E-state index < -0.39 is 0 Å². The largest absolute Gasteiger partial charge is 0.394 e. The zero-order valence-electron chi connectivity index (χ0n) is 16.7. The van der Waals surface area contributed by atoms with Crippen molar-refractivity contribution in [1.82, 2.24) is 19.9 Å². The number of nitrogens with zero attached hydrogens (tertiary/aromatic N) is 3. The molecule has 1 amide bonds. The molecule has 1 aromatic carbocycles. The number of carbonyl (C=O) groups excluding carboxylic acids is 1. The second-order valence-electron chi connectivity index (χ2n) is 7.01. The molecule has 1 aliphatic rings. The third kappa shape index (κ3) is 5.13. The summed E-state index contributed by atoms with van der Waals surface area (Å²) in [5.41, 5.74) is 2.03. The van der Waals surface area contributed by atoms with Gasteiger partial charge in [-0.15, -0.1) is 0 Å². The van der Waals surface area contributed by atoms with Gasteiger partial charge in [-0.05, 0) is 11.6 Å². The van der Waals surface area contributed by atoms with Gasteiger partial charge in [0.05, 0.1) is 37.7 Å². The Balaban J connectivity index is 1.46. The molecule has 4 rings (SSSR count). The van der Waals surface area contributed by atoms with Crippen LogP contribution in [0.2, 0.25) is 5.02 Å². The van der Waals surface area contributed by atoms with Crippen LogP contribution in [0.4, 0.5) is 17.5 Å². The molecule has 162 valence electrons. The first-order chi connectivity index (χ1) is 15.1. The van der Waals surface area contributed by atoms with Gasteiger partial charge in [-0.3, -0.25) is 4.79 Å². The van der Waals surface area contributed by atoms with E-state index in [4.69, 9.17) is 16.3 Å². The number of benzene rings is 1. The number of carbonyl (C=O) groups is 1. The lowest BCUT2D eigenvalue weighted by Gasteiger charge is -2.26. The number of hydrogen-bond acceptors (Lipinski definition) is 7. The minimum atomic E-state index is -0.369. The highest BCUT2D eigenvalue weighted by atomic mass is 35.5. The van der Waals surface area contributed by atoms with Crippen LogP contribution < -0.4 is 10.6 Å². The fraction of sp³-hybridized carbons (Fsp3) is 0.286. The molecule has 0 spiro atoms. The van der Waals surface area contributed by atoms with Crippen molar-refractivity contribution in [3.63, 3.8) is 0 Å². The Morgan fingerprint density at radius 2 is 2.06 bits per heavy atom. The molecular formula is C21H23ClN6O3. The molecule has 4 N–H and O–H groups in total. The molecule has 0 saturated carbocycles. The molecule has 1 aliphatic heterocycles. The van der Waals surface area contributed by atoms with Gasteiger partial charge in [0.1, 0.15) is 10.7 Å². The Labute approximate surface area is 184 Å². The van der Waals surface area contributed by atoms with E-state index >= 15 is 0 Å². The average Bonchev–Trinajstić information content (AvgIpc) is 3.28. The Hall–Kier alpha value is -3.14. The summed E-state index contributed by atoms with van der Waals surface area (Å²) in [7, 11) is 0. The van der Waals surface area contributed by atoms with Crippen LogP contribution >= 0.6 is 11.6 Å². The van der Waals surface area contributed by atoms with Crippen LogP contribution in [0.15, 0.2) is 48.8 Å². The van der Waals surface area contributed by atoms with Crippen molar-refractivity contribution >= 4 is 35.0 Å². The van der Waals surface area contributed by atoms with E-state index in [2.05, 4.69) is 25.6 Å². The zero-order chi connectivity index (χ0) is 21.6. The van der Waals surface area contributed by atoms with E-state index in [9.17, 15) is 9.90 Å². The molecule has 3 heterocycles. The number of aliphatic hydroxyl groups excluding tert-OH is 1. The highest BCUT2D eigenvalue weighted by molar-refractivity contribution is 6.32. The van der Waals surface area contributed by atoms with Gasteiger partial charge in [-0.1, -0.05) is 41.9 Å². The van der Waals surface area contributed by atoms with Crippen molar-refractivity contribution in [2.45, 2.75) is 6.04 Å². The summed E-state index contributed by atoms with van der Waals surface area (Å²) >= 11 is 6.26. The fourth-order valence-electron chi connectivity index (χ4n) is 3.27. The van der Waals surface area contributed by atoms with E-state index in [0.717, 1.165) is 5.56 Å². The lowest BCUT2D eigenvalue weighted by molar-refractivity contribution is 0.0299. The van der Waals surface area contributed by atoms with Crippen LogP contribution in [0.25, 0.3) is 0 Å². The number of aromatic amines is 1. The first kappa shape index (κ1) is 21.1. The number of anilines is 3. The lowest BCUT2D eigenvalue weighted by atomic mass is 10.1. The number of morpholine rings is 1. The van der Waals surface area contributed by atoms with Crippen molar-refractivity contribution in [1.29, 1.82) is 0 Å². The SMILES string of the molecule is O=C(c1cc(Nc2ncc(Cl)c(NC(CO)c3ccccc3)n2)c[nH]1)N1CCOCC1. The zero-order valence-corrected chi connectivity index (χ0v) is 17.5. The summed E-state index contributed by atoms with van der Waals surface area (Å²) in [5, 5.41) is 16.3. The van der Waals surface area contributed by atoms with Crippen LogP contribution in [0, 0.1) is 0 Å². The number of aromatic nitrogens is 3. The number of rotatable bonds is 7. The van der Waals surface area contributed by atoms with E-state index in [0.29, 0.717) is 54.5 Å². The molecule has 0 aliphatic carbocycles. The third-order valence-electron chi connectivity index (χ3n) is 4.91. The number of H-pyrrole nitrogens is 1. The van der Waals surface area contributed by atoms with Gasteiger partial charge in [-0.25, -0.2) is 4.98 Å². The lowest BCUT2D eigenvalue weighted by Crippen LogP contribution is -2.40. The summed E-state index contributed by atoms with van der Waals surface area (Å²) in [6.45, 7) is 2.11. The highest BCUT2D eigenvalue weighted by Gasteiger charge is 2.20. The molecule has 9 nitrogen and oxygen atoms in total. The Kier molecular flexibility index (Phi) is 6.66. The van der Waals surface area contributed by atoms with Gasteiger partial charge in [0, 0.05) is 19.3 Å². The Bertz CT molecular complexity index is 1020. The summed E-state index contributed by atoms with van der Waals surface area (Å²) in [6, 6.07) is 10.9. The van der Waals surface area contributed by atoms with Crippen molar-refractivity contribution in [3.8, 4) is 0 Å². The maximum Gasteiger partial charge on any atom is 0.270 e. The van der Waals surface area contributed by atoms with Gasteiger partial charge in [0.15, 0.2) is 5.82 Å². The van der Waals surface area contributed by atoms with Gasteiger partial charge in [-0.2, -0.15) is 4.98 Å².